The third kappa shape index (κ3) is 3.17. The highest BCUT2D eigenvalue weighted by atomic mass is 16.5. The highest BCUT2D eigenvalue weighted by molar-refractivity contribution is 5.47. The molecule has 1 aliphatic rings. The highest BCUT2D eigenvalue weighted by Crippen LogP contribution is 2.19. The minimum absolute atomic E-state index is 0.679. The molecule has 2 heterocycles. The van der Waals surface area contributed by atoms with Gasteiger partial charge in [-0.2, -0.15) is 0 Å². The predicted molar refractivity (Wildman–Crippen MR) is 69.4 cm³/mol. The lowest BCUT2D eigenvalue weighted by molar-refractivity contribution is 0.152. The lowest BCUT2D eigenvalue weighted by Gasteiger charge is -2.22. The number of aromatic nitrogens is 1. The van der Waals surface area contributed by atoms with Crippen molar-refractivity contribution in [1.82, 2.24) is 4.98 Å². The van der Waals surface area contributed by atoms with Gasteiger partial charge in [0.25, 0.3) is 0 Å². The Morgan fingerprint density at radius 3 is 3.06 bits per heavy atom. The quantitative estimate of drug-likeness (QED) is 0.853. The Bertz CT molecular complexity index is 360. The van der Waals surface area contributed by atoms with E-state index in [9.17, 15) is 0 Å². The summed E-state index contributed by atoms with van der Waals surface area (Å²) in [7, 11) is 0. The van der Waals surface area contributed by atoms with Crippen LogP contribution < -0.4 is 10.6 Å². The molecule has 0 saturated carbocycles. The Hall–Kier alpha value is -1.13. The number of anilines is 1. The fraction of sp³-hybridized carbons (Fsp3) is 0.615. The molecule has 0 aromatic carbocycles. The van der Waals surface area contributed by atoms with Crippen molar-refractivity contribution in [3.63, 3.8) is 0 Å². The molecule has 17 heavy (non-hydrogen) atoms. The van der Waals surface area contributed by atoms with E-state index in [0.717, 1.165) is 45.0 Å². The van der Waals surface area contributed by atoms with Gasteiger partial charge in [-0.15, -0.1) is 0 Å². The number of aryl methyl sites for hydroxylation is 1. The van der Waals surface area contributed by atoms with Gasteiger partial charge in [0.05, 0.1) is 6.61 Å². The molecule has 2 rings (SSSR count). The van der Waals surface area contributed by atoms with Crippen LogP contribution in [0.25, 0.3) is 0 Å². The second kappa shape index (κ2) is 5.98. The second-order valence-corrected chi connectivity index (χ2v) is 4.48. The number of nitrogens with two attached hydrogens (primary N) is 1. The van der Waals surface area contributed by atoms with E-state index in [0.29, 0.717) is 6.54 Å². The SMILES string of the molecule is Cc1cc(CCN)cnc1N1CCCOCC1. The van der Waals surface area contributed by atoms with E-state index < -0.39 is 0 Å². The Morgan fingerprint density at radius 1 is 1.41 bits per heavy atom. The highest BCUT2D eigenvalue weighted by Gasteiger charge is 2.13. The van der Waals surface area contributed by atoms with Crippen LogP contribution in [0.1, 0.15) is 17.5 Å². The largest absolute Gasteiger partial charge is 0.380 e. The molecular weight excluding hydrogens is 214 g/mol. The number of ether oxygens (including phenoxy) is 1. The number of hydrogen-bond acceptors (Lipinski definition) is 4. The molecule has 0 bridgehead atoms. The molecule has 0 aliphatic carbocycles. The summed E-state index contributed by atoms with van der Waals surface area (Å²) in [6.07, 6.45) is 3.92. The number of hydrogen-bond donors (Lipinski definition) is 1. The van der Waals surface area contributed by atoms with Crippen molar-refractivity contribution in [1.29, 1.82) is 0 Å². The van der Waals surface area contributed by atoms with Crippen LogP contribution in [0.5, 0.6) is 0 Å². The third-order valence-corrected chi connectivity index (χ3v) is 3.06. The molecular formula is C13H21N3O. The lowest BCUT2D eigenvalue weighted by Crippen LogP contribution is -2.27. The van der Waals surface area contributed by atoms with Gasteiger partial charge in [-0.05, 0) is 37.4 Å². The molecule has 0 unspecified atom stereocenters. The molecule has 0 amide bonds. The van der Waals surface area contributed by atoms with Crippen LogP contribution in [0.15, 0.2) is 12.3 Å². The van der Waals surface area contributed by atoms with Gasteiger partial charge in [-0.1, -0.05) is 6.07 Å². The summed E-state index contributed by atoms with van der Waals surface area (Å²) in [5, 5.41) is 0. The maximum Gasteiger partial charge on any atom is 0.131 e. The lowest BCUT2D eigenvalue weighted by atomic mass is 10.1. The van der Waals surface area contributed by atoms with Crippen molar-refractivity contribution in [3.05, 3.63) is 23.4 Å². The van der Waals surface area contributed by atoms with Crippen molar-refractivity contribution in [2.75, 3.05) is 37.7 Å². The molecule has 4 heteroatoms. The van der Waals surface area contributed by atoms with Gasteiger partial charge >= 0.3 is 0 Å². The van der Waals surface area contributed by atoms with Crippen molar-refractivity contribution in [2.24, 2.45) is 5.73 Å². The molecule has 94 valence electrons. The molecule has 0 radical (unpaired) electrons. The molecule has 2 N–H and O–H groups in total. The Balaban J connectivity index is 2.14. The van der Waals surface area contributed by atoms with E-state index in [-0.39, 0.29) is 0 Å². The van der Waals surface area contributed by atoms with Crippen molar-refractivity contribution < 1.29 is 4.74 Å². The number of rotatable bonds is 3. The average molecular weight is 235 g/mol. The van der Waals surface area contributed by atoms with Gasteiger partial charge in [0, 0.05) is 25.9 Å². The van der Waals surface area contributed by atoms with Gasteiger partial charge in [0.1, 0.15) is 5.82 Å². The van der Waals surface area contributed by atoms with Gasteiger partial charge in [0.15, 0.2) is 0 Å². The van der Waals surface area contributed by atoms with E-state index in [1.54, 1.807) is 0 Å². The van der Waals surface area contributed by atoms with Crippen LogP contribution >= 0.6 is 0 Å². The molecule has 1 aromatic rings. The zero-order valence-electron chi connectivity index (χ0n) is 10.5. The van der Waals surface area contributed by atoms with Crippen LogP contribution in [0.2, 0.25) is 0 Å². The first kappa shape index (κ1) is 12.3. The first-order valence-electron chi connectivity index (χ1n) is 6.29. The summed E-state index contributed by atoms with van der Waals surface area (Å²) < 4.78 is 5.46. The maximum atomic E-state index is 5.56. The van der Waals surface area contributed by atoms with Crippen LogP contribution in [0.4, 0.5) is 5.82 Å². The van der Waals surface area contributed by atoms with Crippen LogP contribution in [-0.2, 0) is 11.2 Å². The van der Waals surface area contributed by atoms with Gasteiger partial charge in [0.2, 0.25) is 0 Å². The Morgan fingerprint density at radius 2 is 2.29 bits per heavy atom. The fourth-order valence-corrected chi connectivity index (χ4v) is 2.22. The van der Waals surface area contributed by atoms with E-state index in [2.05, 4.69) is 22.9 Å². The summed E-state index contributed by atoms with van der Waals surface area (Å²) >= 11 is 0. The Labute approximate surface area is 103 Å². The molecule has 0 spiro atoms. The van der Waals surface area contributed by atoms with E-state index in [4.69, 9.17) is 10.5 Å². The van der Waals surface area contributed by atoms with E-state index in [1.807, 2.05) is 6.20 Å². The van der Waals surface area contributed by atoms with Crippen LogP contribution in [0, 0.1) is 6.92 Å². The summed E-state index contributed by atoms with van der Waals surface area (Å²) in [4.78, 5) is 6.89. The maximum absolute atomic E-state index is 5.56. The van der Waals surface area contributed by atoms with Crippen molar-refractivity contribution in [3.8, 4) is 0 Å². The van der Waals surface area contributed by atoms with Gasteiger partial charge < -0.3 is 15.4 Å². The molecule has 4 nitrogen and oxygen atoms in total. The molecule has 1 aromatic heterocycles. The number of nitrogens with zero attached hydrogens (tertiary/aromatic N) is 2. The van der Waals surface area contributed by atoms with E-state index in [1.165, 1.54) is 11.1 Å². The first-order chi connectivity index (χ1) is 8.31. The smallest absolute Gasteiger partial charge is 0.131 e. The van der Waals surface area contributed by atoms with Gasteiger partial charge in [-0.25, -0.2) is 4.98 Å². The fourth-order valence-electron chi connectivity index (χ4n) is 2.22. The zero-order chi connectivity index (χ0) is 12.1. The zero-order valence-corrected chi connectivity index (χ0v) is 10.5. The van der Waals surface area contributed by atoms with Gasteiger partial charge in [-0.3, -0.25) is 0 Å². The van der Waals surface area contributed by atoms with E-state index >= 15 is 0 Å². The third-order valence-electron chi connectivity index (χ3n) is 3.06. The molecule has 1 fully saturated rings. The summed E-state index contributed by atoms with van der Waals surface area (Å²) in [6.45, 7) is 6.42. The molecule has 0 atom stereocenters. The van der Waals surface area contributed by atoms with Crippen LogP contribution in [0.3, 0.4) is 0 Å². The summed E-state index contributed by atoms with van der Waals surface area (Å²) in [5.41, 5.74) is 8.01. The normalized spacial score (nSPS) is 16.9. The minimum Gasteiger partial charge on any atom is -0.380 e. The van der Waals surface area contributed by atoms with Crippen molar-refractivity contribution in [2.45, 2.75) is 19.8 Å². The average Bonchev–Trinajstić information content (AvgIpc) is 2.58. The topological polar surface area (TPSA) is 51.4 Å². The van der Waals surface area contributed by atoms with Crippen molar-refractivity contribution >= 4 is 5.82 Å². The van der Waals surface area contributed by atoms with Crippen LogP contribution in [-0.4, -0.2) is 37.8 Å². The summed E-state index contributed by atoms with van der Waals surface area (Å²) in [6, 6.07) is 2.20. The predicted octanol–water partition coefficient (Wildman–Crippen LogP) is 1.12. The second-order valence-electron chi connectivity index (χ2n) is 4.48. The number of pyridine rings is 1. The monoisotopic (exact) mass is 235 g/mol. The summed E-state index contributed by atoms with van der Waals surface area (Å²) in [5.74, 6) is 1.09. The standard InChI is InChI=1S/C13H21N3O/c1-11-9-12(3-4-14)10-15-13(11)16-5-2-7-17-8-6-16/h9-10H,2-8,14H2,1H3. The first-order valence-corrected chi connectivity index (χ1v) is 6.29. The minimum atomic E-state index is 0.679. The Kier molecular flexibility index (Phi) is 4.34. The molecule has 1 saturated heterocycles. The molecule has 1 aliphatic heterocycles.